The Labute approximate surface area is 167 Å². The molecule has 0 saturated carbocycles. The zero-order valence-electron chi connectivity index (χ0n) is 17.4. The molecule has 0 fully saturated rings. The van der Waals surface area contributed by atoms with Crippen LogP contribution in [-0.4, -0.2) is 46.7 Å². The molecule has 2 aromatic rings. The first-order valence-corrected chi connectivity index (χ1v) is 10.1. The third kappa shape index (κ3) is 6.68. The van der Waals surface area contributed by atoms with E-state index < -0.39 is 12.4 Å². The van der Waals surface area contributed by atoms with E-state index in [9.17, 15) is 10.2 Å². The van der Waals surface area contributed by atoms with Crippen molar-refractivity contribution in [3.8, 4) is 0 Å². The van der Waals surface area contributed by atoms with Crippen LogP contribution in [0.25, 0.3) is 10.9 Å². The molecule has 2 rings (SSSR count). The van der Waals surface area contributed by atoms with E-state index in [0.717, 1.165) is 47.2 Å². The standard InChI is InChI=1S/C21H35N5O2/c1-5-17(24-12-14(3)27)8-9-23-21-18(20(22)25-15(4)28)11-16-10-13(2)6-7-19(16)26-21/h6-7,10-11,14-15,17,20,24-25,27-28H,5,8-9,12,22H2,1-4H3,(H,23,26)/t14-,15?,17?,20?/m1/s1. The number of pyridine rings is 1. The van der Waals surface area contributed by atoms with Crippen molar-refractivity contribution in [2.75, 3.05) is 18.4 Å². The average Bonchev–Trinajstić information content (AvgIpc) is 2.63. The summed E-state index contributed by atoms with van der Waals surface area (Å²) in [4.78, 5) is 4.77. The van der Waals surface area contributed by atoms with Gasteiger partial charge in [0.25, 0.3) is 0 Å². The van der Waals surface area contributed by atoms with Crippen LogP contribution in [0.4, 0.5) is 5.82 Å². The van der Waals surface area contributed by atoms with Crippen molar-refractivity contribution in [1.82, 2.24) is 15.6 Å². The summed E-state index contributed by atoms with van der Waals surface area (Å²) in [6.45, 7) is 8.91. The summed E-state index contributed by atoms with van der Waals surface area (Å²) >= 11 is 0. The second-order valence-corrected chi connectivity index (χ2v) is 7.52. The van der Waals surface area contributed by atoms with Crippen LogP contribution in [0, 0.1) is 6.92 Å². The molecule has 28 heavy (non-hydrogen) atoms. The summed E-state index contributed by atoms with van der Waals surface area (Å²) in [7, 11) is 0. The molecule has 0 aliphatic rings. The van der Waals surface area contributed by atoms with Crippen molar-refractivity contribution in [1.29, 1.82) is 0 Å². The van der Waals surface area contributed by atoms with Crippen LogP contribution in [0.1, 0.15) is 50.9 Å². The van der Waals surface area contributed by atoms with Crippen molar-refractivity contribution in [3.05, 3.63) is 35.4 Å². The number of hydrogen-bond acceptors (Lipinski definition) is 7. The second-order valence-electron chi connectivity index (χ2n) is 7.52. The van der Waals surface area contributed by atoms with Crippen molar-refractivity contribution in [2.45, 2.75) is 65.1 Å². The van der Waals surface area contributed by atoms with Gasteiger partial charge in [-0.15, -0.1) is 0 Å². The maximum Gasteiger partial charge on any atom is 0.132 e. The summed E-state index contributed by atoms with van der Waals surface area (Å²) < 4.78 is 0. The van der Waals surface area contributed by atoms with Gasteiger partial charge in [0.15, 0.2) is 0 Å². The number of aryl methyl sites for hydroxylation is 1. The van der Waals surface area contributed by atoms with Gasteiger partial charge in [0, 0.05) is 30.1 Å². The molecule has 0 amide bonds. The van der Waals surface area contributed by atoms with Crippen LogP contribution in [0.2, 0.25) is 0 Å². The Kier molecular flexibility index (Phi) is 8.59. The minimum atomic E-state index is -0.717. The van der Waals surface area contributed by atoms with Gasteiger partial charge in [-0.25, -0.2) is 4.98 Å². The van der Waals surface area contributed by atoms with Crippen LogP contribution < -0.4 is 21.7 Å². The monoisotopic (exact) mass is 389 g/mol. The highest BCUT2D eigenvalue weighted by Gasteiger charge is 2.16. The van der Waals surface area contributed by atoms with E-state index in [1.807, 2.05) is 25.1 Å². The number of rotatable bonds is 11. The van der Waals surface area contributed by atoms with Gasteiger partial charge in [-0.2, -0.15) is 0 Å². The summed E-state index contributed by atoms with van der Waals surface area (Å²) in [5.41, 5.74) is 9.16. The lowest BCUT2D eigenvalue weighted by Gasteiger charge is -2.22. The molecule has 3 unspecified atom stereocenters. The Morgan fingerprint density at radius 2 is 1.93 bits per heavy atom. The fourth-order valence-electron chi connectivity index (χ4n) is 3.19. The number of aromatic nitrogens is 1. The number of benzene rings is 1. The van der Waals surface area contributed by atoms with Crippen LogP contribution in [0.5, 0.6) is 0 Å². The second kappa shape index (κ2) is 10.7. The van der Waals surface area contributed by atoms with Crippen LogP contribution >= 0.6 is 0 Å². The van der Waals surface area contributed by atoms with Crippen molar-refractivity contribution in [2.24, 2.45) is 5.73 Å². The number of nitrogens with one attached hydrogen (secondary N) is 3. The lowest BCUT2D eigenvalue weighted by molar-refractivity contribution is 0.141. The van der Waals surface area contributed by atoms with Gasteiger partial charge in [-0.1, -0.05) is 18.6 Å². The van der Waals surface area contributed by atoms with Gasteiger partial charge in [0.05, 0.1) is 17.8 Å². The van der Waals surface area contributed by atoms with Gasteiger partial charge in [-0.3, -0.25) is 5.32 Å². The molecular formula is C21H35N5O2. The molecule has 0 bridgehead atoms. The number of aliphatic hydroxyl groups excluding tert-OH is 2. The van der Waals surface area contributed by atoms with Gasteiger partial charge in [0.2, 0.25) is 0 Å². The van der Waals surface area contributed by atoms with Gasteiger partial charge in [0.1, 0.15) is 12.0 Å². The lowest BCUT2D eigenvalue weighted by Crippen LogP contribution is -2.36. The maximum atomic E-state index is 9.66. The Morgan fingerprint density at radius 1 is 1.18 bits per heavy atom. The van der Waals surface area contributed by atoms with Gasteiger partial charge >= 0.3 is 0 Å². The number of fused-ring (bicyclic) bond motifs is 1. The summed E-state index contributed by atoms with van der Waals surface area (Å²) in [5.74, 6) is 0.724. The highest BCUT2D eigenvalue weighted by molar-refractivity contribution is 5.82. The zero-order valence-corrected chi connectivity index (χ0v) is 17.4. The van der Waals surface area contributed by atoms with E-state index in [-0.39, 0.29) is 6.10 Å². The van der Waals surface area contributed by atoms with Crippen molar-refractivity contribution in [3.63, 3.8) is 0 Å². The summed E-state index contributed by atoms with van der Waals surface area (Å²) in [6.07, 6.45) is 0.272. The van der Waals surface area contributed by atoms with Crippen LogP contribution in [0.3, 0.4) is 0 Å². The SMILES string of the molecule is CCC(CCNc1nc2ccc(C)cc2cc1C(N)NC(C)O)NC[C@@H](C)O. The fraction of sp³-hybridized carbons (Fsp3) is 0.571. The first-order valence-electron chi connectivity index (χ1n) is 10.1. The third-order valence-corrected chi connectivity index (χ3v) is 4.74. The van der Waals surface area contributed by atoms with E-state index in [1.54, 1.807) is 13.8 Å². The molecule has 7 nitrogen and oxygen atoms in total. The Hall–Kier alpha value is -1.77. The predicted molar refractivity (Wildman–Crippen MR) is 115 cm³/mol. The van der Waals surface area contributed by atoms with Crippen LogP contribution in [-0.2, 0) is 0 Å². The molecular weight excluding hydrogens is 354 g/mol. The minimum Gasteiger partial charge on any atom is -0.392 e. The third-order valence-electron chi connectivity index (χ3n) is 4.74. The molecule has 1 aromatic carbocycles. The number of anilines is 1. The van der Waals surface area contributed by atoms with Gasteiger partial charge < -0.3 is 26.6 Å². The number of nitrogens with two attached hydrogens (primary N) is 1. The zero-order chi connectivity index (χ0) is 20.7. The van der Waals surface area contributed by atoms with E-state index in [1.165, 1.54) is 0 Å². The normalized spacial score (nSPS) is 16.0. The highest BCUT2D eigenvalue weighted by Crippen LogP contribution is 2.25. The summed E-state index contributed by atoms with van der Waals surface area (Å²) in [5, 5.41) is 29.9. The molecule has 0 radical (unpaired) electrons. The van der Waals surface area contributed by atoms with Crippen molar-refractivity contribution >= 4 is 16.7 Å². The molecule has 156 valence electrons. The van der Waals surface area contributed by atoms with E-state index >= 15 is 0 Å². The highest BCUT2D eigenvalue weighted by atomic mass is 16.3. The predicted octanol–water partition coefficient (Wildman–Crippen LogP) is 1.98. The topological polar surface area (TPSA) is 115 Å². The Morgan fingerprint density at radius 3 is 2.57 bits per heavy atom. The summed E-state index contributed by atoms with van der Waals surface area (Å²) in [6, 6.07) is 8.47. The molecule has 7 heteroatoms. The Balaban J connectivity index is 2.17. The van der Waals surface area contributed by atoms with Crippen LogP contribution in [0.15, 0.2) is 24.3 Å². The molecule has 1 aromatic heterocycles. The molecule has 0 spiro atoms. The Bertz CT molecular complexity index is 751. The maximum absolute atomic E-state index is 9.66. The van der Waals surface area contributed by atoms with E-state index in [2.05, 4.69) is 28.9 Å². The first kappa shape index (κ1) is 22.5. The number of hydrogen-bond donors (Lipinski definition) is 6. The molecule has 0 aliphatic carbocycles. The van der Waals surface area contributed by atoms with Crippen molar-refractivity contribution < 1.29 is 10.2 Å². The quantitative estimate of drug-likeness (QED) is 0.326. The average molecular weight is 390 g/mol. The largest absolute Gasteiger partial charge is 0.392 e. The smallest absolute Gasteiger partial charge is 0.132 e. The van der Waals surface area contributed by atoms with E-state index in [0.29, 0.717) is 12.6 Å². The lowest BCUT2D eigenvalue weighted by atomic mass is 10.1. The first-order chi connectivity index (χ1) is 13.3. The minimum absolute atomic E-state index is 0.318. The molecule has 1 heterocycles. The molecule has 4 atom stereocenters. The van der Waals surface area contributed by atoms with E-state index in [4.69, 9.17) is 10.7 Å². The molecule has 7 N–H and O–H groups in total. The fourth-order valence-corrected chi connectivity index (χ4v) is 3.19. The molecule has 0 saturated heterocycles. The molecule has 0 aliphatic heterocycles. The number of nitrogens with zero attached hydrogens (tertiary/aromatic N) is 1. The van der Waals surface area contributed by atoms with Gasteiger partial charge in [-0.05, 0) is 51.8 Å². The number of aliphatic hydroxyl groups is 2.